The first-order valence-electron chi connectivity index (χ1n) is 17.5. The van der Waals surface area contributed by atoms with Crippen LogP contribution in [0.3, 0.4) is 0 Å². The second-order valence-electron chi connectivity index (χ2n) is 11.9. The van der Waals surface area contributed by atoms with Crippen LogP contribution in [-0.2, 0) is 26.2 Å². The number of ether oxygens (including phenoxy) is 4. The van der Waals surface area contributed by atoms with Crippen LogP contribution in [0.25, 0.3) is 0 Å². The first-order chi connectivity index (χ1) is 27.5. The normalized spacial score (nSPS) is 15.0. The molecule has 1 atom stereocenters. The van der Waals surface area contributed by atoms with Gasteiger partial charge in [-0.25, -0.2) is 0 Å². The van der Waals surface area contributed by atoms with Crippen LogP contribution in [0.15, 0.2) is 147 Å². The van der Waals surface area contributed by atoms with E-state index in [1.807, 2.05) is 103 Å². The number of para-hydroxylation sites is 5. The standard InChI is InChI=1S/C40H38N7O6P3/c41-23-27-12-4-8-18-32(27)48-36-22-37(53-56(46-54-45-55-47-56)52-31-16-2-1-3-17-31)39(50-34-20-10-6-14-29(34)25-43)40(51-35-21-11-7-15-30(35)26-44)38(36)49-33-19-9-5-13-28(33)24-42/h1-22H,23-26,41-44H2. The molecule has 16 heteroatoms. The predicted octanol–water partition coefficient (Wildman–Crippen LogP) is 11.2. The van der Waals surface area contributed by atoms with Crippen LogP contribution in [0.2, 0.25) is 0 Å². The van der Waals surface area contributed by atoms with E-state index in [1.54, 1.807) is 30.3 Å². The summed E-state index contributed by atoms with van der Waals surface area (Å²) in [5.41, 5.74) is 27.7. The van der Waals surface area contributed by atoms with Crippen molar-refractivity contribution < 1.29 is 28.0 Å². The highest BCUT2D eigenvalue weighted by Crippen LogP contribution is 2.64. The van der Waals surface area contributed by atoms with Crippen molar-refractivity contribution in [1.29, 1.82) is 0 Å². The Morgan fingerprint density at radius 1 is 0.429 bits per heavy atom. The summed E-state index contributed by atoms with van der Waals surface area (Å²) >= 11 is 0. The molecule has 1 aliphatic rings. The molecule has 56 heavy (non-hydrogen) atoms. The molecule has 1 heterocycles. The lowest BCUT2D eigenvalue weighted by molar-refractivity contribution is 0.351. The molecular weight excluding hydrogens is 767 g/mol. The van der Waals surface area contributed by atoms with Crippen molar-refractivity contribution >= 4 is 24.7 Å². The van der Waals surface area contributed by atoms with Gasteiger partial charge >= 0.3 is 7.66 Å². The molecule has 8 N–H and O–H groups in total. The molecule has 6 aromatic rings. The van der Waals surface area contributed by atoms with Crippen molar-refractivity contribution in [1.82, 2.24) is 0 Å². The number of benzene rings is 6. The quantitative estimate of drug-likeness (QED) is 0.0683. The molecule has 0 bridgehead atoms. The summed E-state index contributed by atoms with van der Waals surface area (Å²) in [6, 6.07) is 40.4. The minimum Gasteiger partial charge on any atom is -0.453 e. The Morgan fingerprint density at radius 3 is 1.32 bits per heavy atom. The molecule has 0 aliphatic carbocycles. The van der Waals surface area contributed by atoms with Crippen molar-refractivity contribution in [3.05, 3.63) is 156 Å². The van der Waals surface area contributed by atoms with E-state index < -0.39 is 7.66 Å². The Kier molecular flexibility index (Phi) is 12.7. The Balaban J connectivity index is 1.54. The SMILES string of the molecule is NCc1ccccc1Oc1cc(OP2(Oc3ccccc3)=NP=NP=N2)c(Oc2ccccc2CN)c(Oc2ccccc2CN)c1Oc1ccccc1CN. The summed E-state index contributed by atoms with van der Waals surface area (Å²) in [7, 11) is -2.74. The lowest BCUT2D eigenvalue weighted by Gasteiger charge is -2.26. The van der Waals surface area contributed by atoms with E-state index in [2.05, 4.69) is 4.52 Å². The van der Waals surface area contributed by atoms with Gasteiger partial charge in [-0.1, -0.05) is 91.0 Å². The van der Waals surface area contributed by atoms with Crippen molar-refractivity contribution in [2.24, 2.45) is 36.5 Å². The van der Waals surface area contributed by atoms with Gasteiger partial charge in [0.15, 0.2) is 28.5 Å². The van der Waals surface area contributed by atoms with Crippen LogP contribution in [0.1, 0.15) is 22.3 Å². The summed E-state index contributed by atoms with van der Waals surface area (Å²) in [4.78, 5) is 0. The number of nitrogens with two attached hydrogens (primary N) is 4. The highest BCUT2D eigenvalue weighted by atomic mass is 31.2. The molecular formula is C40H38N7O6P3. The van der Waals surface area contributed by atoms with Crippen molar-refractivity contribution in [2.45, 2.75) is 26.2 Å². The van der Waals surface area contributed by atoms with Crippen LogP contribution >= 0.6 is 24.7 Å². The summed E-state index contributed by atoms with van der Waals surface area (Å²) < 4.78 is 54.3. The van der Waals surface area contributed by atoms with Gasteiger partial charge in [-0.15, -0.1) is 9.03 Å². The second kappa shape index (κ2) is 18.3. The number of hydrogen-bond acceptors (Lipinski definition) is 13. The van der Waals surface area contributed by atoms with Gasteiger partial charge < -0.3 is 50.9 Å². The highest BCUT2D eigenvalue weighted by molar-refractivity contribution is 7.65. The molecule has 0 fully saturated rings. The third-order valence-corrected chi connectivity index (χ3v) is 12.3. The van der Waals surface area contributed by atoms with Crippen molar-refractivity contribution in [3.63, 3.8) is 0 Å². The highest BCUT2D eigenvalue weighted by Gasteiger charge is 2.34. The van der Waals surface area contributed by atoms with Crippen LogP contribution in [0, 0.1) is 0 Å². The van der Waals surface area contributed by atoms with Crippen LogP contribution < -0.4 is 50.9 Å². The minimum atomic E-state index is -3.50. The second-order valence-corrected chi connectivity index (χ2v) is 15.8. The first-order valence-corrected chi connectivity index (χ1v) is 20.6. The van der Waals surface area contributed by atoms with Crippen LogP contribution in [0.5, 0.6) is 57.5 Å². The Bertz CT molecular complexity index is 2430. The van der Waals surface area contributed by atoms with Gasteiger partial charge in [-0.3, -0.25) is 0 Å². The smallest absolute Gasteiger partial charge is 0.453 e. The molecule has 284 valence electrons. The van der Waals surface area contributed by atoms with E-state index in [9.17, 15) is 0 Å². The third-order valence-electron chi connectivity index (χ3n) is 8.32. The lowest BCUT2D eigenvalue weighted by atomic mass is 10.1. The Morgan fingerprint density at radius 2 is 0.857 bits per heavy atom. The molecule has 1 aliphatic heterocycles. The summed E-state index contributed by atoms with van der Waals surface area (Å²) in [5.74, 6) is 2.90. The maximum atomic E-state index is 6.88. The molecule has 1 unspecified atom stereocenters. The number of rotatable bonds is 16. The molecule has 0 aromatic heterocycles. The van der Waals surface area contributed by atoms with Gasteiger partial charge in [0.1, 0.15) is 28.7 Å². The largest absolute Gasteiger partial charge is 0.460 e. The monoisotopic (exact) mass is 805 g/mol. The molecule has 0 radical (unpaired) electrons. The lowest BCUT2D eigenvalue weighted by Crippen LogP contribution is -2.07. The molecule has 6 aromatic carbocycles. The maximum absolute atomic E-state index is 6.88. The zero-order valence-corrected chi connectivity index (χ0v) is 32.7. The zero-order valence-electron chi connectivity index (χ0n) is 30.0. The molecule has 0 saturated carbocycles. The number of nitrogens with zero attached hydrogens (tertiary/aromatic N) is 3. The Labute approximate surface area is 327 Å². The molecule has 7 rings (SSSR count). The third kappa shape index (κ3) is 8.92. The Hall–Kier alpha value is -5.61. The maximum Gasteiger partial charge on any atom is 0.460 e. The van der Waals surface area contributed by atoms with Crippen LogP contribution in [-0.4, -0.2) is 0 Å². The van der Waals surface area contributed by atoms with Gasteiger partial charge in [0.05, 0.1) is 0 Å². The average molecular weight is 806 g/mol. The molecule has 0 saturated heterocycles. The summed E-state index contributed by atoms with van der Waals surface area (Å²) in [5, 5.41) is 0. The van der Waals surface area contributed by atoms with Gasteiger partial charge in [0, 0.05) is 54.5 Å². The summed E-state index contributed by atoms with van der Waals surface area (Å²) in [6.45, 7) is 0.756. The fourth-order valence-electron chi connectivity index (χ4n) is 5.55. The van der Waals surface area contributed by atoms with Crippen LogP contribution in [0.4, 0.5) is 0 Å². The van der Waals surface area contributed by atoms with E-state index >= 15 is 0 Å². The van der Waals surface area contributed by atoms with Gasteiger partial charge in [-0.2, -0.15) is 4.52 Å². The molecule has 0 spiro atoms. The van der Waals surface area contributed by atoms with Gasteiger partial charge in [-0.05, 0) is 36.4 Å². The van der Waals surface area contributed by atoms with Gasteiger partial charge in [0.2, 0.25) is 17.2 Å². The predicted molar refractivity (Wildman–Crippen MR) is 220 cm³/mol. The van der Waals surface area contributed by atoms with E-state index in [0.29, 0.717) is 56.9 Å². The number of hydrogen-bond donors (Lipinski definition) is 4. The van der Waals surface area contributed by atoms with E-state index in [1.165, 1.54) is 0 Å². The first kappa shape index (κ1) is 38.7. The van der Waals surface area contributed by atoms with Crippen molar-refractivity contribution in [2.75, 3.05) is 0 Å². The van der Waals surface area contributed by atoms with E-state index in [0.717, 1.165) is 11.1 Å². The molecule has 0 amide bonds. The zero-order chi connectivity index (χ0) is 38.7. The van der Waals surface area contributed by atoms with Gasteiger partial charge in [0.25, 0.3) is 0 Å². The van der Waals surface area contributed by atoms with Crippen molar-refractivity contribution in [3.8, 4) is 57.5 Å². The topological polar surface area (TPSA) is 197 Å². The fourth-order valence-corrected chi connectivity index (χ4v) is 9.31. The van der Waals surface area contributed by atoms with E-state index in [-0.39, 0.29) is 54.9 Å². The molecule has 13 nitrogen and oxygen atoms in total. The summed E-state index contributed by atoms with van der Waals surface area (Å²) in [6.07, 6.45) is 0. The fraction of sp³-hybridized carbons (Fsp3) is 0.100. The minimum absolute atomic E-state index is 0.0805. The van der Waals surface area contributed by atoms with E-state index in [4.69, 9.17) is 60.0 Å². The average Bonchev–Trinajstić information content (AvgIpc) is 3.24.